The molecule has 5 heteroatoms. The first-order valence-electron chi connectivity index (χ1n) is 10.8. The number of fused-ring (bicyclic) bond motifs is 4. The second kappa shape index (κ2) is 6.99. The van der Waals surface area contributed by atoms with Gasteiger partial charge in [0.2, 0.25) is 0 Å². The predicted octanol–water partition coefficient (Wildman–Crippen LogP) is 3.40. The van der Waals surface area contributed by atoms with Crippen LogP contribution in [0, 0.1) is 11.8 Å². The molecule has 5 aliphatic rings. The van der Waals surface area contributed by atoms with Gasteiger partial charge in [-0.25, -0.2) is 0 Å². The van der Waals surface area contributed by atoms with Crippen LogP contribution in [-0.4, -0.2) is 58.1 Å². The van der Waals surface area contributed by atoms with Crippen LogP contribution in [0.15, 0.2) is 6.20 Å². The minimum Gasteiger partial charge on any atom is -0.337 e. The van der Waals surface area contributed by atoms with Crippen LogP contribution in [0.4, 0.5) is 0 Å². The van der Waals surface area contributed by atoms with E-state index in [2.05, 4.69) is 20.0 Å². The molecule has 0 spiro atoms. The van der Waals surface area contributed by atoms with E-state index in [-0.39, 0.29) is 5.91 Å². The molecular formula is C21H32N4O. The van der Waals surface area contributed by atoms with Gasteiger partial charge in [0.1, 0.15) is 0 Å². The minimum atomic E-state index is 0.226. The molecule has 2 aliphatic carbocycles. The number of piperidine rings is 1. The number of carbonyl (C=O) groups excluding carboxylic acids is 1. The van der Waals surface area contributed by atoms with Crippen LogP contribution in [0.5, 0.6) is 0 Å². The van der Waals surface area contributed by atoms with Crippen molar-refractivity contribution in [2.75, 3.05) is 26.2 Å². The van der Waals surface area contributed by atoms with Gasteiger partial charge in [0, 0.05) is 38.1 Å². The molecule has 2 atom stereocenters. The summed E-state index contributed by atoms with van der Waals surface area (Å²) in [5, 5.41) is 7.45. The van der Waals surface area contributed by atoms with Gasteiger partial charge < -0.3 is 4.90 Å². The van der Waals surface area contributed by atoms with E-state index in [1.165, 1.54) is 70.9 Å². The average molecular weight is 357 g/mol. The van der Waals surface area contributed by atoms with Crippen LogP contribution >= 0.6 is 0 Å². The Balaban J connectivity index is 1.32. The van der Waals surface area contributed by atoms with E-state index >= 15 is 0 Å². The number of H-pyrrole nitrogens is 1. The number of amides is 1. The highest BCUT2D eigenvalue weighted by atomic mass is 16.2. The Hall–Kier alpha value is -1.36. The van der Waals surface area contributed by atoms with Crippen LogP contribution < -0.4 is 0 Å². The van der Waals surface area contributed by atoms with Gasteiger partial charge in [-0.1, -0.05) is 19.3 Å². The van der Waals surface area contributed by atoms with Crippen molar-refractivity contribution in [3.63, 3.8) is 0 Å². The molecule has 0 radical (unpaired) electrons. The van der Waals surface area contributed by atoms with Crippen molar-refractivity contribution in [2.24, 2.45) is 11.8 Å². The van der Waals surface area contributed by atoms with E-state index in [0.717, 1.165) is 30.3 Å². The molecule has 0 unspecified atom stereocenters. The fraction of sp³-hybridized carbons (Fsp3) is 0.810. The van der Waals surface area contributed by atoms with Gasteiger partial charge in [-0.2, -0.15) is 5.10 Å². The number of nitrogens with zero attached hydrogens (tertiary/aromatic N) is 3. The first-order chi connectivity index (χ1) is 12.8. The summed E-state index contributed by atoms with van der Waals surface area (Å²) in [4.78, 5) is 18.2. The summed E-state index contributed by atoms with van der Waals surface area (Å²) in [5.74, 6) is 2.32. The third-order valence-electron chi connectivity index (χ3n) is 7.22. The van der Waals surface area contributed by atoms with E-state index < -0.39 is 0 Å². The molecule has 1 N–H and O–H groups in total. The number of carbonyl (C=O) groups is 1. The number of aromatic nitrogens is 2. The quantitative estimate of drug-likeness (QED) is 0.899. The van der Waals surface area contributed by atoms with Crippen LogP contribution in [0.25, 0.3) is 0 Å². The zero-order chi connectivity index (χ0) is 17.5. The molecule has 1 aromatic heterocycles. The van der Waals surface area contributed by atoms with Gasteiger partial charge in [0.25, 0.3) is 5.91 Å². The minimum absolute atomic E-state index is 0.226. The standard InChI is InChI=1S/C21H32N4O/c26-21(19-10-22-23-20(19)17-4-2-1-3-5-17)25-13-16-8-9-18(14-25)24(12-16)11-15-6-7-15/h10,15-18H,1-9,11-14H2,(H,22,23)/t16-,18-/m1/s1. The lowest BCUT2D eigenvalue weighted by atomic mass is 9.85. The maximum Gasteiger partial charge on any atom is 0.257 e. The molecule has 6 rings (SSSR count). The summed E-state index contributed by atoms with van der Waals surface area (Å²) >= 11 is 0. The third-order valence-corrected chi connectivity index (χ3v) is 7.22. The highest BCUT2D eigenvalue weighted by Crippen LogP contribution is 2.36. The number of rotatable bonds is 4. The van der Waals surface area contributed by atoms with E-state index in [0.29, 0.717) is 17.9 Å². The van der Waals surface area contributed by atoms with Crippen molar-refractivity contribution >= 4 is 5.91 Å². The van der Waals surface area contributed by atoms with Gasteiger partial charge in [-0.05, 0) is 50.4 Å². The molecule has 2 bridgehead atoms. The summed E-state index contributed by atoms with van der Waals surface area (Å²) in [6, 6.07) is 0.573. The summed E-state index contributed by atoms with van der Waals surface area (Å²) in [7, 11) is 0. The fourth-order valence-electron chi connectivity index (χ4n) is 5.54. The van der Waals surface area contributed by atoms with Gasteiger partial charge in [0.15, 0.2) is 0 Å². The van der Waals surface area contributed by atoms with E-state index in [1.54, 1.807) is 6.20 Å². The number of aromatic amines is 1. The van der Waals surface area contributed by atoms with Gasteiger partial charge in [0.05, 0.1) is 17.5 Å². The highest BCUT2D eigenvalue weighted by molar-refractivity contribution is 5.95. The smallest absolute Gasteiger partial charge is 0.257 e. The predicted molar refractivity (Wildman–Crippen MR) is 101 cm³/mol. The van der Waals surface area contributed by atoms with Crippen LogP contribution in [0.2, 0.25) is 0 Å². The van der Waals surface area contributed by atoms with Crippen LogP contribution in [-0.2, 0) is 0 Å². The zero-order valence-corrected chi connectivity index (χ0v) is 15.8. The first kappa shape index (κ1) is 16.8. The topological polar surface area (TPSA) is 52.2 Å². The van der Waals surface area contributed by atoms with E-state index in [4.69, 9.17) is 0 Å². The Morgan fingerprint density at radius 2 is 1.88 bits per heavy atom. The van der Waals surface area contributed by atoms with E-state index in [9.17, 15) is 4.79 Å². The van der Waals surface area contributed by atoms with Crippen molar-refractivity contribution in [1.29, 1.82) is 0 Å². The van der Waals surface area contributed by atoms with Crippen molar-refractivity contribution in [2.45, 2.75) is 69.7 Å². The summed E-state index contributed by atoms with van der Waals surface area (Å²) in [6.07, 6.45) is 13.5. The second-order valence-electron chi connectivity index (χ2n) is 9.24. The monoisotopic (exact) mass is 356 g/mol. The van der Waals surface area contributed by atoms with Crippen molar-refractivity contribution in [3.8, 4) is 0 Å². The first-order valence-corrected chi connectivity index (χ1v) is 10.8. The molecule has 1 amide bonds. The van der Waals surface area contributed by atoms with Crippen molar-refractivity contribution in [3.05, 3.63) is 17.5 Å². The zero-order valence-electron chi connectivity index (χ0n) is 15.8. The van der Waals surface area contributed by atoms with Gasteiger partial charge in [-0.3, -0.25) is 14.8 Å². The maximum absolute atomic E-state index is 13.4. The van der Waals surface area contributed by atoms with Crippen molar-refractivity contribution < 1.29 is 4.79 Å². The SMILES string of the molecule is O=C(c1cn[nH]c1C1CCCCC1)N1C[C@@H]2CC[C@H](C1)N(CC1CC1)C2. The molecule has 2 saturated carbocycles. The normalized spacial score (nSPS) is 30.5. The maximum atomic E-state index is 13.4. The molecule has 3 saturated heterocycles. The number of nitrogens with one attached hydrogen (secondary N) is 1. The largest absolute Gasteiger partial charge is 0.337 e. The summed E-state index contributed by atoms with van der Waals surface area (Å²) in [5.41, 5.74) is 1.97. The molecule has 142 valence electrons. The summed E-state index contributed by atoms with van der Waals surface area (Å²) < 4.78 is 0. The van der Waals surface area contributed by atoms with Crippen LogP contribution in [0.3, 0.4) is 0 Å². The molecule has 3 aliphatic heterocycles. The second-order valence-corrected chi connectivity index (χ2v) is 9.24. The highest BCUT2D eigenvalue weighted by Gasteiger charge is 2.39. The molecule has 5 fully saturated rings. The van der Waals surface area contributed by atoms with Gasteiger partial charge >= 0.3 is 0 Å². The van der Waals surface area contributed by atoms with Crippen molar-refractivity contribution in [1.82, 2.24) is 20.0 Å². The lowest BCUT2D eigenvalue weighted by Gasteiger charge is -2.36. The Morgan fingerprint density at radius 3 is 2.69 bits per heavy atom. The molecule has 26 heavy (non-hydrogen) atoms. The molecular weight excluding hydrogens is 324 g/mol. The average Bonchev–Trinajstić information content (AvgIpc) is 3.43. The lowest BCUT2D eigenvalue weighted by Crippen LogP contribution is -2.45. The molecule has 4 heterocycles. The Morgan fingerprint density at radius 1 is 1.04 bits per heavy atom. The number of hydrogen-bond donors (Lipinski definition) is 1. The fourth-order valence-corrected chi connectivity index (χ4v) is 5.54. The lowest BCUT2D eigenvalue weighted by molar-refractivity contribution is 0.0735. The molecule has 0 aromatic carbocycles. The number of hydrogen-bond acceptors (Lipinski definition) is 3. The molecule has 1 aromatic rings. The van der Waals surface area contributed by atoms with Gasteiger partial charge in [-0.15, -0.1) is 0 Å². The van der Waals surface area contributed by atoms with E-state index in [1.807, 2.05) is 0 Å². The third kappa shape index (κ3) is 3.30. The molecule has 5 nitrogen and oxygen atoms in total. The Kier molecular flexibility index (Phi) is 4.51. The van der Waals surface area contributed by atoms with Crippen LogP contribution in [0.1, 0.15) is 79.8 Å². The Bertz CT molecular complexity index is 646. The summed E-state index contributed by atoms with van der Waals surface area (Å²) in [6.45, 7) is 4.32. The Labute approximate surface area is 156 Å².